The van der Waals surface area contributed by atoms with Crippen LogP contribution in [0, 0.1) is 0 Å². The Morgan fingerprint density at radius 3 is 2.62 bits per heavy atom. The van der Waals surface area contributed by atoms with Crippen LogP contribution in [0.5, 0.6) is 5.75 Å². The summed E-state index contributed by atoms with van der Waals surface area (Å²) < 4.78 is 8.25. The van der Waals surface area contributed by atoms with E-state index in [9.17, 15) is 9.59 Å². The average molecular weight is 395 g/mol. The Morgan fingerprint density at radius 1 is 1.33 bits per heavy atom. The van der Waals surface area contributed by atoms with E-state index >= 15 is 0 Å². The van der Waals surface area contributed by atoms with Gasteiger partial charge >= 0.3 is 5.97 Å². The standard InChI is InChI=1S/C17H19BrN2O4/c1-4-20-9-12(18)8-14(20)16(21)19-13-7-11(17(22)23)5-6-15(13)24-10(2)3/h5-10H,4H2,1-3H3,(H,19,21)(H,22,23). The number of carbonyl (C=O) groups is 2. The number of aromatic carboxylic acids is 1. The molecule has 7 heteroatoms. The van der Waals surface area contributed by atoms with Crippen LogP contribution in [0.25, 0.3) is 0 Å². The summed E-state index contributed by atoms with van der Waals surface area (Å²) in [5.74, 6) is -0.975. The molecular weight excluding hydrogens is 376 g/mol. The minimum atomic E-state index is -1.07. The highest BCUT2D eigenvalue weighted by atomic mass is 79.9. The fourth-order valence-electron chi connectivity index (χ4n) is 2.23. The van der Waals surface area contributed by atoms with Crippen LogP contribution in [0.15, 0.2) is 34.9 Å². The first-order chi connectivity index (χ1) is 11.3. The van der Waals surface area contributed by atoms with Crippen molar-refractivity contribution in [2.75, 3.05) is 5.32 Å². The Balaban J connectivity index is 2.36. The zero-order chi connectivity index (χ0) is 17.9. The first-order valence-corrected chi connectivity index (χ1v) is 8.32. The number of carbonyl (C=O) groups excluding carboxylic acids is 1. The highest BCUT2D eigenvalue weighted by Gasteiger charge is 2.17. The lowest BCUT2D eigenvalue weighted by atomic mass is 10.2. The number of nitrogens with one attached hydrogen (secondary N) is 1. The van der Waals surface area contributed by atoms with Gasteiger partial charge in [-0.15, -0.1) is 0 Å². The number of carboxylic acid groups (broad SMARTS) is 1. The van der Waals surface area contributed by atoms with E-state index < -0.39 is 5.97 Å². The molecule has 2 N–H and O–H groups in total. The fraction of sp³-hybridized carbons (Fsp3) is 0.294. The number of ether oxygens (including phenoxy) is 1. The van der Waals surface area contributed by atoms with E-state index in [1.807, 2.05) is 27.0 Å². The average Bonchev–Trinajstić information content (AvgIpc) is 2.89. The summed E-state index contributed by atoms with van der Waals surface area (Å²) in [6.45, 7) is 6.28. The van der Waals surface area contributed by atoms with Crippen LogP contribution in [0.3, 0.4) is 0 Å². The van der Waals surface area contributed by atoms with Crippen molar-refractivity contribution in [3.05, 3.63) is 46.2 Å². The second-order valence-electron chi connectivity index (χ2n) is 5.47. The van der Waals surface area contributed by atoms with Crippen LogP contribution >= 0.6 is 15.9 Å². The summed E-state index contributed by atoms with van der Waals surface area (Å²) >= 11 is 3.35. The third-order valence-corrected chi connectivity index (χ3v) is 3.71. The lowest BCUT2D eigenvalue weighted by Gasteiger charge is -2.16. The highest BCUT2D eigenvalue weighted by Crippen LogP contribution is 2.28. The second-order valence-corrected chi connectivity index (χ2v) is 6.38. The van der Waals surface area contributed by atoms with Gasteiger partial charge < -0.3 is 19.7 Å². The second kappa shape index (κ2) is 7.53. The van der Waals surface area contributed by atoms with E-state index in [4.69, 9.17) is 9.84 Å². The van der Waals surface area contributed by atoms with Gasteiger partial charge in [0.05, 0.1) is 17.4 Å². The van der Waals surface area contributed by atoms with Gasteiger partial charge in [-0.3, -0.25) is 4.79 Å². The molecule has 1 aromatic heterocycles. The van der Waals surface area contributed by atoms with Crippen molar-refractivity contribution in [2.45, 2.75) is 33.4 Å². The van der Waals surface area contributed by atoms with Gasteiger partial charge in [0.2, 0.25) is 0 Å². The van der Waals surface area contributed by atoms with Gasteiger partial charge in [-0.05, 0) is 61.0 Å². The van der Waals surface area contributed by atoms with Crippen LogP contribution in [-0.4, -0.2) is 27.7 Å². The van der Waals surface area contributed by atoms with Crippen LogP contribution in [-0.2, 0) is 6.54 Å². The maximum atomic E-state index is 12.6. The van der Waals surface area contributed by atoms with Crippen molar-refractivity contribution in [1.29, 1.82) is 0 Å². The molecule has 1 heterocycles. The van der Waals surface area contributed by atoms with E-state index in [2.05, 4.69) is 21.2 Å². The number of aryl methyl sites for hydroxylation is 1. The van der Waals surface area contributed by atoms with Crippen LogP contribution in [0.1, 0.15) is 41.6 Å². The summed E-state index contributed by atoms with van der Waals surface area (Å²) in [4.78, 5) is 23.8. The number of hydrogen-bond acceptors (Lipinski definition) is 3. The molecule has 0 aliphatic carbocycles. The molecule has 6 nitrogen and oxygen atoms in total. The van der Waals surface area contributed by atoms with Crippen molar-refractivity contribution in [2.24, 2.45) is 0 Å². The first-order valence-electron chi connectivity index (χ1n) is 7.52. The number of halogens is 1. The van der Waals surface area contributed by atoms with Crippen molar-refractivity contribution in [3.63, 3.8) is 0 Å². The minimum absolute atomic E-state index is 0.0773. The van der Waals surface area contributed by atoms with Gasteiger partial charge in [0.1, 0.15) is 11.4 Å². The van der Waals surface area contributed by atoms with Gasteiger partial charge in [0, 0.05) is 17.2 Å². The lowest BCUT2D eigenvalue weighted by Crippen LogP contribution is -2.18. The van der Waals surface area contributed by atoms with Gasteiger partial charge in [0.25, 0.3) is 5.91 Å². The molecule has 2 aromatic rings. The minimum Gasteiger partial charge on any atom is -0.489 e. The Morgan fingerprint density at radius 2 is 2.04 bits per heavy atom. The summed E-state index contributed by atoms with van der Waals surface area (Å²) in [6, 6.07) is 6.10. The van der Waals surface area contributed by atoms with Crippen LogP contribution in [0.2, 0.25) is 0 Å². The largest absolute Gasteiger partial charge is 0.489 e. The fourth-order valence-corrected chi connectivity index (χ4v) is 2.69. The molecule has 0 saturated heterocycles. The molecule has 1 aromatic carbocycles. The number of amides is 1. The third kappa shape index (κ3) is 4.17. The van der Waals surface area contributed by atoms with Crippen LogP contribution < -0.4 is 10.1 Å². The highest BCUT2D eigenvalue weighted by molar-refractivity contribution is 9.10. The molecule has 0 aliphatic heterocycles. The van der Waals surface area contributed by atoms with E-state index in [1.165, 1.54) is 12.1 Å². The SMILES string of the molecule is CCn1cc(Br)cc1C(=O)Nc1cc(C(=O)O)ccc1OC(C)C. The molecular formula is C17H19BrN2O4. The zero-order valence-corrected chi connectivity index (χ0v) is 15.3. The van der Waals surface area contributed by atoms with E-state index in [0.29, 0.717) is 23.7 Å². The van der Waals surface area contributed by atoms with Gasteiger partial charge in [-0.2, -0.15) is 0 Å². The number of aromatic nitrogens is 1. The Bertz CT molecular complexity index is 768. The third-order valence-electron chi connectivity index (χ3n) is 3.27. The van der Waals surface area contributed by atoms with Crippen molar-refractivity contribution in [1.82, 2.24) is 4.57 Å². The number of benzene rings is 1. The number of anilines is 1. The molecule has 0 saturated carbocycles. The summed E-state index contributed by atoms with van der Waals surface area (Å²) in [6.07, 6.45) is 1.71. The van der Waals surface area contributed by atoms with Gasteiger partial charge in [-0.1, -0.05) is 0 Å². The predicted molar refractivity (Wildman–Crippen MR) is 94.9 cm³/mol. The Labute approximate surface area is 148 Å². The predicted octanol–water partition coefficient (Wildman–Crippen LogP) is 4.01. The smallest absolute Gasteiger partial charge is 0.335 e. The molecule has 1 amide bonds. The maximum Gasteiger partial charge on any atom is 0.335 e. The normalized spacial score (nSPS) is 10.7. The molecule has 0 atom stereocenters. The summed E-state index contributed by atoms with van der Waals surface area (Å²) in [5, 5.41) is 11.9. The van der Waals surface area contributed by atoms with Gasteiger partial charge in [-0.25, -0.2) is 4.79 Å². The molecule has 0 spiro atoms. The quantitative estimate of drug-likeness (QED) is 0.775. The number of nitrogens with zero attached hydrogens (tertiary/aromatic N) is 1. The van der Waals surface area contributed by atoms with Gasteiger partial charge in [0.15, 0.2) is 0 Å². The number of carboxylic acids is 1. The topological polar surface area (TPSA) is 80.6 Å². The molecule has 2 rings (SSSR count). The van der Waals surface area contributed by atoms with Crippen LogP contribution in [0.4, 0.5) is 5.69 Å². The van der Waals surface area contributed by atoms with E-state index in [0.717, 1.165) is 4.47 Å². The Hall–Kier alpha value is -2.28. The molecule has 128 valence electrons. The lowest BCUT2D eigenvalue weighted by molar-refractivity contribution is 0.0696. The molecule has 0 aliphatic rings. The molecule has 0 unspecified atom stereocenters. The summed E-state index contributed by atoms with van der Waals surface area (Å²) in [7, 11) is 0. The molecule has 0 bridgehead atoms. The monoisotopic (exact) mass is 394 g/mol. The number of rotatable bonds is 6. The van der Waals surface area contributed by atoms with Crippen molar-refractivity contribution in [3.8, 4) is 5.75 Å². The van der Waals surface area contributed by atoms with E-state index in [-0.39, 0.29) is 17.6 Å². The van der Waals surface area contributed by atoms with Crippen molar-refractivity contribution >= 4 is 33.5 Å². The summed E-state index contributed by atoms with van der Waals surface area (Å²) in [5.41, 5.74) is 0.877. The zero-order valence-electron chi connectivity index (χ0n) is 13.7. The molecule has 0 radical (unpaired) electrons. The number of hydrogen-bond donors (Lipinski definition) is 2. The Kier molecular flexibility index (Phi) is 5.66. The molecule has 24 heavy (non-hydrogen) atoms. The maximum absolute atomic E-state index is 12.6. The molecule has 0 fully saturated rings. The first kappa shape index (κ1) is 18.1. The van der Waals surface area contributed by atoms with Crippen molar-refractivity contribution < 1.29 is 19.4 Å². The van der Waals surface area contributed by atoms with E-state index in [1.54, 1.807) is 16.7 Å².